The molecule has 1 heterocycles. The van der Waals surface area contributed by atoms with Crippen molar-refractivity contribution >= 4 is 29.2 Å². The fraction of sp³-hybridized carbons (Fsp3) is 0.462. The highest BCUT2D eigenvalue weighted by atomic mass is 35.5. The quantitative estimate of drug-likeness (QED) is 0.567. The first-order valence-corrected chi connectivity index (χ1v) is 6.49. The number of benzene rings is 1. The minimum atomic E-state index is 0.410. The molecule has 4 nitrogen and oxygen atoms in total. The maximum atomic E-state index is 7.52. The minimum absolute atomic E-state index is 0.410. The van der Waals surface area contributed by atoms with Gasteiger partial charge in [-0.15, -0.1) is 0 Å². The summed E-state index contributed by atoms with van der Waals surface area (Å²) in [5.74, 6) is 0. The lowest BCUT2D eigenvalue weighted by Crippen LogP contribution is -2.54. The normalized spacial score (nSPS) is 24.1. The van der Waals surface area contributed by atoms with Crippen molar-refractivity contribution in [3.63, 3.8) is 0 Å². The van der Waals surface area contributed by atoms with Gasteiger partial charge in [0.2, 0.25) is 0 Å². The van der Waals surface area contributed by atoms with Gasteiger partial charge in [0, 0.05) is 53.3 Å². The van der Waals surface area contributed by atoms with E-state index in [1.807, 2.05) is 6.07 Å². The largest absolute Gasteiger partial charge is 0.398 e. The Morgan fingerprint density at radius 1 is 1.39 bits per heavy atom. The molecule has 0 saturated carbocycles. The van der Waals surface area contributed by atoms with Crippen LogP contribution < -0.4 is 16.0 Å². The second kappa shape index (κ2) is 5.16. The third-order valence-electron chi connectivity index (χ3n) is 3.20. The van der Waals surface area contributed by atoms with E-state index in [2.05, 4.69) is 24.1 Å². The number of nitrogens with one attached hydrogen (secondary N) is 2. The summed E-state index contributed by atoms with van der Waals surface area (Å²) in [6.45, 7) is 6.09. The highest BCUT2D eigenvalue weighted by molar-refractivity contribution is 6.31. The Labute approximate surface area is 113 Å². The molecular weight excluding hydrogens is 248 g/mol. The first kappa shape index (κ1) is 13.2. The highest BCUT2D eigenvalue weighted by Gasteiger charge is 2.23. The van der Waals surface area contributed by atoms with Gasteiger partial charge in [0.25, 0.3) is 0 Å². The van der Waals surface area contributed by atoms with E-state index in [9.17, 15) is 0 Å². The van der Waals surface area contributed by atoms with Gasteiger partial charge in [0.05, 0.1) is 0 Å². The van der Waals surface area contributed by atoms with Gasteiger partial charge in [0.15, 0.2) is 0 Å². The fourth-order valence-corrected chi connectivity index (χ4v) is 2.79. The molecule has 1 fully saturated rings. The number of piperazine rings is 1. The number of anilines is 2. The number of nitrogens with two attached hydrogens (primary N) is 1. The van der Waals surface area contributed by atoms with Crippen molar-refractivity contribution in [3.8, 4) is 0 Å². The zero-order valence-corrected chi connectivity index (χ0v) is 11.5. The van der Waals surface area contributed by atoms with Gasteiger partial charge in [-0.2, -0.15) is 0 Å². The molecule has 18 heavy (non-hydrogen) atoms. The molecule has 1 saturated heterocycles. The molecule has 1 aromatic rings. The molecule has 0 aromatic heterocycles. The van der Waals surface area contributed by atoms with E-state index in [1.165, 1.54) is 6.21 Å². The summed E-state index contributed by atoms with van der Waals surface area (Å²) in [5, 5.41) is 11.6. The lowest BCUT2D eigenvalue weighted by atomic mass is 10.1. The van der Waals surface area contributed by atoms with Crippen molar-refractivity contribution in [2.24, 2.45) is 0 Å². The van der Waals surface area contributed by atoms with E-state index >= 15 is 0 Å². The molecule has 2 rings (SSSR count). The van der Waals surface area contributed by atoms with Crippen LogP contribution in [0.15, 0.2) is 12.1 Å². The molecule has 0 bridgehead atoms. The molecule has 1 aromatic carbocycles. The summed E-state index contributed by atoms with van der Waals surface area (Å²) in [4.78, 5) is 2.24. The van der Waals surface area contributed by atoms with Crippen molar-refractivity contribution in [3.05, 3.63) is 22.7 Å². The Morgan fingerprint density at radius 2 is 2.00 bits per heavy atom. The molecular formula is C13H19ClN4. The Bertz CT molecular complexity index is 451. The zero-order chi connectivity index (χ0) is 13.3. The van der Waals surface area contributed by atoms with Gasteiger partial charge in [-0.05, 0) is 26.0 Å². The number of nitrogens with zero attached hydrogens (tertiary/aromatic N) is 1. The van der Waals surface area contributed by atoms with E-state index in [0.29, 0.717) is 22.8 Å². The lowest BCUT2D eigenvalue weighted by Gasteiger charge is -2.38. The van der Waals surface area contributed by atoms with E-state index in [-0.39, 0.29) is 0 Å². The van der Waals surface area contributed by atoms with Crippen LogP contribution in [0, 0.1) is 5.41 Å². The molecule has 98 valence electrons. The van der Waals surface area contributed by atoms with Crippen LogP contribution >= 0.6 is 11.6 Å². The number of rotatable bonds is 2. The third-order valence-corrected chi connectivity index (χ3v) is 3.42. The molecule has 0 amide bonds. The smallest absolute Gasteiger partial charge is 0.0492 e. The summed E-state index contributed by atoms with van der Waals surface area (Å²) in [7, 11) is 0. The SMILES string of the molecule is C[C@@H]1CN(c2cc(Cl)cc(N)c2C=N)C[C@H](C)N1. The standard InChI is InChI=1S/C13H19ClN4/c1-8-6-18(7-9(2)17-8)13-4-10(14)3-12(16)11(13)5-15/h3-5,8-9,15,17H,6-7,16H2,1-2H3/t8-,9+. The average molecular weight is 267 g/mol. The predicted molar refractivity (Wildman–Crippen MR) is 78.0 cm³/mol. The van der Waals surface area contributed by atoms with Crippen molar-refractivity contribution in [2.75, 3.05) is 23.7 Å². The summed E-state index contributed by atoms with van der Waals surface area (Å²) < 4.78 is 0. The summed E-state index contributed by atoms with van der Waals surface area (Å²) >= 11 is 6.07. The minimum Gasteiger partial charge on any atom is -0.398 e. The van der Waals surface area contributed by atoms with Gasteiger partial charge < -0.3 is 21.4 Å². The van der Waals surface area contributed by atoms with Crippen LogP contribution in [0.5, 0.6) is 0 Å². The fourth-order valence-electron chi connectivity index (χ4n) is 2.57. The van der Waals surface area contributed by atoms with Crippen LogP contribution in [0.1, 0.15) is 19.4 Å². The van der Waals surface area contributed by atoms with Crippen LogP contribution in [-0.4, -0.2) is 31.4 Å². The molecule has 1 aliphatic heterocycles. The van der Waals surface area contributed by atoms with Gasteiger partial charge in [-0.1, -0.05) is 11.6 Å². The van der Waals surface area contributed by atoms with E-state index < -0.39 is 0 Å². The van der Waals surface area contributed by atoms with Crippen LogP contribution in [-0.2, 0) is 0 Å². The molecule has 0 radical (unpaired) electrons. The van der Waals surface area contributed by atoms with E-state index in [0.717, 1.165) is 24.3 Å². The monoisotopic (exact) mass is 266 g/mol. The van der Waals surface area contributed by atoms with Crippen LogP contribution in [0.4, 0.5) is 11.4 Å². The number of hydrogen-bond donors (Lipinski definition) is 3. The molecule has 1 aliphatic rings. The maximum Gasteiger partial charge on any atom is 0.0492 e. The van der Waals surface area contributed by atoms with Crippen molar-refractivity contribution in [1.29, 1.82) is 5.41 Å². The summed E-state index contributed by atoms with van der Waals surface area (Å²) in [5.41, 5.74) is 8.20. The number of nitrogen functional groups attached to an aromatic ring is 1. The average Bonchev–Trinajstić information content (AvgIpc) is 2.26. The molecule has 5 heteroatoms. The second-order valence-electron chi connectivity index (χ2n) is 4.95. The van der Waals surface area contributed by atoms with Gasteiger partial charge in [-0.25, -0.2) is 0 Å². The van der Waals surface area contributed by atoms with Gasteiger partial charge >= 0.3 is 0 Å². The Kier molecular flexibility index (Phi) is 3.78. The van der Waals surface area contributed by atoms with Crippen LogP contribution in [0.2, 0.25) is 5.02 Å². The maximum absolute atomic E-state index is 7.52. The third kappa shape index (κ3) is 2.60. The predicted octanol–water partition coefficient (Wildman–Crippen LogP) is 2.11. The highest BCUT2D eigenvalue weighted by Crippen LogP contribution is 2.30. The second-order valence-corrected chi connectivity index (χ2v) is 5.38. The Morgan fingerprint density at radius 3 is 2.56 bits per heavy atom. The molecule has 0 spiro atoms. The van der Waals surface area contributed by atoms with Crippen LogP contribution in [0.3, 0.4) is 0 Å². The first-order valence-electron chi connectivity index (χ1n) is 6.11. The van der Waals surface area contributed by atoms with Gasteiger partial charge in [-0.3, -0.25) is 0 Å². The lowest BCUT2D eigenvalue weighted by molar-refractivity contribution is 0.407. The number of hydrogen-bond acceptors (Lipinski definition) is 4. The van der Waals surface area contributed by atoms with E-state index in [4.69, 9.17) is 22.7 Å². The van der Waals surface area contributed by atoms with Crippen molar-refractivity contribution < 1.29 is 0 Å². The Hall–Kier alpha value is -1.26. The zero-order valence-electron chi connectivity index (χ0n) is 10.7. The molecule has 0 unspecified atom stereocenters. The molecule has 2 atom stereocenters. The number of halogens is 1. The van der Waals surface area contributed by atoms with Crippen molar-refractivity contribution in [2.45, 2.75) is 25.9 Å². The van der Waals surface area contributed by atoms with Crippen molar-refractivity contribution in [1.82, 2.24) is 5.32 Å². The molecule has 0 aliphatic carbocycles. The van der Waals surface area contributed by atoms with E-state index in [1.54, 1.807) is 6.07 Å². The summed E-state index contributed by atoms with van der Waals surface area (Å²) in [6, 6.07) is 4.41. The topological polar surface area (TPSA) is 65.1 Å². The first-order chi connectivity index (χ1) is 8.51. The van der Waals surface area contributed by atoms with Crippen LogP contribution in [0.25, 0.3) is 0 Å². The van der Waals surface area contributed by atoms with Gasteiger partial charge in [0.1, 0.15) is 0 Å². The molecule has 4 N–H and O–H groups in total. The summed E-state index contributed by atoms with van der Waals surface area (Å²) in [6.07, 6.45) is 1.30. The Balaban J connectivity index is 2.40.